The average Bonchev–Trinajstić information content (AvgIpc) is 3.07. The van der Waals surface area contributed by atoms with Crippen LogP contribution in [0.5, 0.6) is 5.75 Å². The summed E-state index contributed by atoms with van der Waals surface area (Å²) in [5.74, 6) is 0.757. The molecular formula is C26H27NO3. The molecule has 2 atom stereocenters. The van der Waals surface area contributed by atoms with Gasteiger partial charge in [0.25, 0.3) is 5.91 Å². The lowest BCUT2D eigenvalue weighted by molar-refractivity contribution is 0.0504. The van der Waals surface area contributed by atoms with Crippen LogP contribution in [0.3, 0.4) is 0 Å². The maximum Gasteiger partial charge on any atom is 0.255 e. The van der Waals surface area contributed by atoms with Gasteiger partial charge in [-0.15, -0.1) is 0 Å². The number of carbonyl (C=O) groups excluding carboxylic acids is 1. The van der Waals surface area contributed by atoms with Crippen LogP contribution in [0.15, 0.2) is 78.9 Å². The van der Waals surface area contributed by atoms with E-state index in [2.05, 4.69) is 6.92 Å². The van der Waals surface area contributed by atoms with Gasteiger partial charge in [0.1, 0.15) is 12.4 Å². The van der Waals surface area contributed by atoms with E-state index in [1.54, 1.807) is 0 Å². The van der Waals surface area contributed by atoms with Crippen molar-refractivity contribution >= 4 is 5.91 Å². The molecule has 4 heteroatoms. The van der Waals surface area contributed by atoms with Crippen molar-refractivity contribution in [3.8, 4) is 5.75 Å². The lowest BCUT2D eigenvalue weighted by atomic mass is 9.99. The number of amides is 1. The van der Waals surface area contributed by atoms with Crippen molar-refractivity contribution in [2.75, 3.05) is 6.61 Å². The number of carbonyl (C=O) groups is 1. The lowest BCUT2D eigenvalue weighted by Crippen LogP contribution is -2.34. The fourth-order valence-corrected chi connectivity index (χ4v) is 4.22. The fraction of sp³-hybridized carbons (Fsp3) is 0.269. The van der Waals surface area contributed by atoms with Crippen LogP contribution < -0.4 is 4.74 Å². The molecule has 3 aromatic rings. The van der Waals surface area contributed by atoms with Crippen LogP contribution in [0.1, 0.15) is 58.9 Å². The van der Waals surface area contributed by atoms with Crippen LogP contribution in [0.25, 0.3) is 0 Å². The minimum Gasteiger partial charge on any atom is -0.489 e. The highest BCUT2D eigenvalue weighted by Gasteiger charge is 2.40. The highest BCUT2D eigenvalue weighted by atomic mass is 16.5. The maximum absolute atomic E-state index is 13.2. The number of hydrogen-bond acceptors (Lipinski definition) is 3. The Labute approximate surface area is 177 Å². The predicted octanol–water partition coefficient (Wildman–Crippen LogP) is 5.30. The summed E-state index contributed by atoms with van der Waals surface area (Å²) in [5, 5.41) is 10.2. The van der Waals surface area contributed by atoms with Crippen LogP contribution in [0.2, 0.25) is 0 Å². The molecule has 0 spiro atoms. The molecule has 0 saturated carbocycles. The van der Waals surface area contributed by atoms with E-state index in [1.165, 1.54) is 0 Å². The maximum atomic E-state index is 13.2. The van der Waals surface area contributed by atoms with Crippen molar-refractivity contribution < 1.29 is 14.6 Å². The van der Waals surface area contributed by atoms with E-state index in [4.69, 9.17) is 4.74 Å². The minimum absolute atomic E-state index is 0.00694. The van der Waals surface area contributed by atoms with Crippen molar-refractivity contribution in [3.05, 3.63) is 101 Å². The van der Waals surface area contributed by atoms with Crippen LogP contribution in [-0.4, -0.2) is 22.5 Å². The predicted molar refractivity (Wildman–Crippen MR) is 117 cm³/mol. The van der Waals surface area contributed by atoms with E-state index in [0.29, 0.717) is 6.61 Å². The zero-order valence-corrected chi connectivity index (χ0v) is 17.2. The first kappa shape index (κ1) is 20.2. The molecule has 4 rings (SSSR count). The second kappa shape index (κ2) is 9.14. The zero-order chi connectivity index (χ0) is 20.9. The molecular weight excluding hydrogens is 374 g/mol. The normalized spacial score (nSPS) is 16.4. The first-order chi connectivity index (χ1) is 14.7. The molecule has 0 saturated heterocycles. The van der Waals surface area contributed by atoms with Gasteiger partial charge in [0.2, 0.25) is 0 Å². The zero-order valence-electron chi connectivity index (χ0n) is 17.2. The molecule has 154 valence electrons. The Bertz CT molecular complexity index is 985. The first-order valence-corrected chi connectivity index (χ1v) is 10.5. The van der Waals surface area contributed by atoms with Crippen LogP contribution in [0.4, 0.5) is 0 Å². The van der Waals surface area contributed by atoms with Crippen molar-refractivity contribution in [2.24, 2.45) is 0 Å². The Morgan fingerprint density at radius 1 is 0.967 bits per heavy atom. The quantitative estimate of drug-likeness (QED) is 0.557. The fourth-order valence-electron chi connectivity index (χ4n) is 4.22. The van der Waals surface area contributed by atoms with Gasteiger partial charge in [-0.1, -0.05) is 74.0 Å². The van der Waals surface area contributed by atoms with Gasteiger partial charge >= 0.3 is 0 Å². The number of ether oxygens (including phenoxy) is 1. The van der Waals surface area contributed by atoms with Crippen molar-refractivity contribution in [3.63, 3.8) is 0 Å². The van der Waals surface area contributed by atoms with Gasteiger partial charge in [-0.2, -0.15) is 0 Å². The Hall–Kier alpha value is -3.11. The molecule has 0 aliphatic carbocycles. The minimum atomic E-state index is -0.385. The molecule has 1 N–H and O–H groups in total. The van der Waals surface area contributed by atoms with Crippen LogP contribution in [0, 0.1) is 0 Å². The standard InChI is InChI=1S/C26H27NO3/c1-2-8-24-22-11-6-7-12-23(22)26(29)27(24)25(17-28)20-13-15-21(16-14-20)30-18-19-9-4-3-5-10-19/h3-7,9-16,24-25,28H,2,8,17-18H2,1H3/t24-,25+/m1/s1. The molecule has 1 amide bonds. The third kappa shape index (κ3) is 3.96. The van der Waals surface area contributed by atoms with Gasteiger partial charge in [-0.05, 0) is 41.3 Å². The van der Waals surface area contributed by atoms with E-state index >= 15 is 0 Å². The second-order valence-corrected chi connectivity index (χ2v) is 7.65. The SMILES string of the molecule is CCC[C@@H]1c2ccccc2C(=O)N1[C@@H](CO)c1ccc(OCc2ccccc2)cc1. The Kier molecular flexibility index (Phi) is 6.15. The topological polar surface area (TPSA) is 49.8 Å². The number of benzene rings is 3. The van der Waals surface area contributed by atoms with Gasteiger partial charge in [0.05, 0.1) is 18.7 Å². The Balaban J connectivity index is 1.54. The molecule has 0 aromatic heterocycles. The number of fused-ring (bicyclic) bond motifs is 1. The summed E-state index contributed by atoms with van der Waals surface area (Å²) in [5.41, 5.74) is 3.83. The summed E-state index contributed by atoms with van der Waals surface area (Å²) < 4.78 is 5.87. The third-order valence-corrected chi connectivity index (χ3v) is 5.70. The van der Waals surface area contributed by atoms with Crippen molar-refractivity contribution in [2.45, 2.75) is 38.5 Å². The van der Waals surface area contributed by atoms with Crippen molar-refractivity contribution in [1.82, 2.24) is 4.90 Å². The number of aliphatic hydroxyl groups is 1. The summed E-state index contributed by atoms with van der Waals surface area (Å²) in [4.78, 5) is 15.0. The van der Waals surface area contributed by atoms with Gasteiger partial charge in [-0.3, -0.25) is 4.79 Å². The van der Waals surface area contributed by atoms with Crippen LogP contribution >= 0.6 is 0 Å². The molecule has 0 radical (unpaired) electrons. The van der Waals surface area contributed by atoms with E-state index in [9.17, 15) is 9.90 Å². The summed E-state index contributed by atoms with van der Waals surface area (Å²) in [6, 6.07) is 25.1. The van der Waals surface area contributed by atoms with E-state index in [1.807, 2.05) is 83.8 Å². The molecule has 0 fully saturated rings. The molecule has 1 heterocycles. The smallest absolute Gasteiger partial charge is 0.255 e. The summed E-state index contributed by atoms with van der Waals surface area (Å²) in [6.45, 7) is 2.50. The van der Waals surface area contributed by atoms with Gasteiger partial charge < -0.3 is 14.7 Å². The third-order valence-electron chi connectivity index (χ3n) is 5.70. The van der Waals surface area contributed by atoms with Crippen molar-refractivity contribution in [1.29, 1.82) is 0 Å². The second-order valence-electron chi connectivity index (χ2n) is 7.65. The monoisotopic (exact) mass is 401 g/mol. The molecule has 0 unspecified atom stereocenters. The molecule has 1 aliphatic rings. The van der Waals surface area contributed by atoms with Gasteiger partial charge in [0, 0.05) is 5.56 Å². The summed E-state index contributed by atoms with van der Waals surface area (Å²) in [7, 11) is 0. The van der Waals surface area contributed by atoms with E-state index in [0.717, 1.165) is 40.8 Å². The highest BCUT2D eigenvalue weighted by molar-refractivity contribution is 5.99. The number of hydrogen-bond donors (Lipinski definition) is 1. The lowest BCUT2D eigenvalue weighted by Gasteiger charge is -2.33. The molecule has 3 aromatic carbocycles. The van der Waals surface area contributed by atoms with E-state index < -0.39 is 0 Å². The Morgan fingerprint density at radius 3 is 2.37 bits per heavy atom. The number of nitrogens with zero attached hydrogens (tertiary/aromatic N) is 1. The summed E-state index contributed by atoms with van der Waals surface area (Å²) in [6.07, 6.45) is 1.84. The largest absolute Gasteiger partial charge is 0.489 e. The van der Waals surface area contributed by atoms with Gasteiger partial charge in [0.15, 0.2) is 0 Å². The molecule has 30 heavy (non-hydrogen) atoms. The molecule has 4 nitrogen and oxygen atoms in total. The highest BCUT2D eigenvalue weighted by Crippen LogP contribution is 2.42. The number of rotatable bonds is 8. The van der Waals surface area contributed by atoms with E-state index in [-0.39, 0.29) is 24.6 Å². The van der Waals surface area contributed by atoms with Gasteiger partial charge in [-0.25, -0.2) is 0 Å². The first-order valence-electron chi connectivity index (χ1n) is 10.5. The van der Waals surface area contributed by atoms with Crippen LogP contribution in [-0.2, 0) is 6.61 Å². The summed E-state index contributed by atoms with van der Waals surface area (Å²) >= 11 is 0. The Morgan fingerprint density at radius 2 is 1.67 bits per heavy atom. The molecule has 1 aliphatic heterocycles. The molecule has 0 bridgehead atoms. The average molecular weight is 402 g/mol. The number of aliphatic hydroxyl groups excluding tert-OH is 1.